The number of hydrogen-bond donors (Lipinski definition) is 2. The van der Waals surface area contributed by atoms with Crippen LogP contribution in [-0.4, -0.2) is 37.5 Å². The summed E-state index contributed by atoms with van der Waals surface area (Å²) >= 11 is 0. The van der Waals surface area contributed by atoms with Gasteiger partial charge in [0, 0.05) is 45.3 Å². The number of halogens is 1. The molecule has 0 bridgehead atoms. The molecule has 0 atom stereocenters. The van der Waals surface area contributed by atoms with Crippen LogP contribution in [0.3, 0.4) is 0 Å². The summed E-state index contributed by atoms with van der Waals surface area (Å²) < 4.78 is 19.0. The number of rotatable bonds is 3. The molecule has 4 nitrogen and oxygen atoms in total. The lowest BCUT2D eigenvalue weighted by atomic mass is 9.94. The van der Waals surface area contributed by atoms with E-state index in [2.05, 4.69) is 0 Å². The van der Waals surface area contributed by atoms with E-state index >= 15 is 0 Å². The topological polar surface area (TPSA) is 58.7 Å². The molecule has 1 aliphatic heterocycles. The van der Waals surface area contributed by atoms with Crippen LogP contribution in [0.2, 0.25) is 0 Å². The number of nitrogens with zero attached hydrogens (tertiary/aromatic N) is 1. The zero-order valence-corrected chi connectivity index (χ0v) is 10.5. The summed E-state index contributed by atoms with van der Waals surface area (Å²) in [5.74, 6) is -0.367. The number of aliphatic hydroxyl groups is 1. The number of anilines is 2. The first-order valence-electron chi connectivity index (χ1n) is 6.06. The maximum atomic E-state index is 13.8. The van der Waals surface area contributed by atoms with Crippen molar-refractivity contribution in [2.24, 2.45) is 0 Å². The summed E-state index contributed by atoms with van der Waals surface area (Å²) in [4.78, 5) is 1.72. The van der Waals surface area contributed by atoms with Crippen LogP contribution in [0.1, 0.15) is 12.8 Å². The fourth-order valence-corrected chi connectivity index (χ4v) is 2.27. The molecule has 1 fully saturated rings. The van der Waals surface area contributed by atoms with Gasteiger partial charge in [-0.05, 0) is 18.2 Å². The molecule has 18 heavy (non-hydrogen) atoms. The van der Waals surface area contributed by atoms with Gasteiger partial charge in [0.1, 0.15) is 5.82 Å². The highest BCUT2D eigenvalue weighted by atomic mass is 19.1. The minimum atomic E-state index is -0.805. The van der Waals surface area contributed by atoms with Crippen LogP contribution in [0, 0.1) is 5.82 Å². The maximum Gasteiger partial charge on any atom is 0.148 e. The quantitative estimate of drug-likeness (QED) is 0.800. The number of nitrogen functional groups attached to an aromatic ring is 1. The Balaban J connectivity index is 2.08. The second kappa shape index (κ2) is 5.12. The molecule has 0 aliphatic carbocycles. The third kappa shape index (κ3) is 2.91. The summed E-state index contributed by atoms with van der Waals surface area (Å²) in [6, 6.07) is 4.58. The zero-order chi connectivity index (χ0) is 13.2. The number of hydrogen-bond acceptors (Lipinski definition) is 4. The van der Waals surface area contributed by atoms with Crippen molar-refractivity contribution in [3.8, 4) is 0 Å². The summed E-state index contributed by atoms with van der Waals surface area (Å²) in [7, 11) is 1.77. The molecular weight excluding hydrogens is 235 g/mol. The zero-order valence-electron chi connectivity index (χ0n) is 10.5. The van der Waals surface area contributed by atoms with E-state index in [0.29, 0.717) is 44.0 Å². The molecular formula is C13H19FN2O2. The number of nitrogens with two attached hydrogens (primary N) is 1. The van der Waals surface area contributed by atoms with E-state index in [1.807, 2.05) is 0 Å². The fraction of sp³-hybridized carbons (Fsp3) is 0.538. The normalized spacial score (nSPS) is 18.6. The predicted molar refractivity (Wildman–Crippen MR) is 69.1 cm³/mol. The van der Waals surface area contributed by atoms with Gasteiger partial charge in [-0.3, -0.25) is 0 Å². The van der Waals surface area contributed by atoms with Gasteiger partial charge in [0.25, 0.3) is 0 Å². The smallest absolute Gasteiger partial charge is 0.148 e. The average molecular weight is 254 g/mol. The Bertz CT molecular complexity index is 419. The van der Waals surface area contributed by atoms with Gasteiger partial charge in [0.15, 0.2) is 0 Å². The van der Waals surface area contributed by atoms with Gasteiger partial charge in [-0.15, -0.1) is 0 Å². The fourth-order valence-electron chi connectivity index (χ4n) is 2.27. The molecule has 3 N–H and O–H groups in total. The first-order valence-corrected chi connectivity index (χ1v) is 6.06. The molecule has 5 heteroatoms. The first-order chi connectivity index (χ1) is 8.50. The Kier molecular flexibility index (Phi) is 3.73. The van der Waals surface area contributed by atoms with Crippen LogP contribution >= 0.6 is 0 Å². The molecule has 1 aromatic carbocycles. The molecule has 1 saturated heterocycles. The van der Waals surface area contributed by atoms with Gasteiger partial charge >= 0.3 is 0 Å². The summed E-state index contributed by atoms with van der Waals surface area (Å²) in [5, 5.41) is 10.4. The Morgan fingerprint density at radius 3 is 2.72 bits per heavy atom. The van der Waals surface area contributed by atoms with Crippen molar-refractivity contribution in [1.82, 2.24) is 0 Å². The number of ether oxygens (including phenoxy) is 1. The molecule has 0 unspecified atom stereocenters. The van der Waals surface area contributed by atoms with Crippen molar-refractivity contribution in [2.75, 3.05) is 37.4 Å². The third-order valence-electron chi connectivity index (χ3n) is 3.34. The number of likely N-dealkylation sites (N-methyl/N-ethyl adjacent to an activating group) is 1. The van der Waals surface area contributed by atoms with E-state index in [1.165, 1.54) is 6.07 Å². The molecule has 100 valence electrons. The Morgan fingerprint density at radius 1 is 1.44 bits per heavy atom. The second-order valence-corrected chi connectivity index (χ2v) is 4.90. The van der Waals surface area contributed by atoms with Gasteiger partial charge in [-0.25, -0.2) is 4.39 Å². The van der Waals surface area contributed by atoms with Crippen LogP contribution < -0.4 is 10.6 Å². The summed E-state index contributed by atoms with van der Waals surface area (Å²) in [6.45, 7) is 1.49. The lowest BCUT2D eigenvalue weighted by Crippen LogP contribution is -2.46. The standard InChI is InChI=1S/C13H19FN2O2/c1-16(9-13(17)4-6-18-7-5-13)12-3-2-10(15)8-11(12)14/h2-3,8,17H,4-7,9,15H2,1H3. The van der Waals surface area contributed by atoms with Crippen molar-refractivity contribution in [1.29, 1.82) is 0 Å². The van der Waals surface area contributed by atoms with E-state index in [0.717, 1.165) is 0 Å². The largest absolute Gasteiger partial charge is 0.399 e. The molecule has 2 rings (SSSR count). The SMILES string of the molecule is CN(CC1(O)CCOCC1)c1ccc(N)cc1F. The molecule has 0 saturated carbocycles. The van der Waals surface area contributed by atoms with Crippen LogP contribution in [0.25, 0.3) is 0 Å². The Morgan fingerprint density at radius 2 is 2.11 bits per heavy atom. The highest BCUT2D eigenvalue weighted by molar-refractivity contribution is 5.54. The lowest BCUT2D eigenvalue weighted by molar-refractivity contribution is -0.0573. The summed E-state index contributed by atoms with van der Waals surface area (Å²) in [6.07, 6.45) is 1.15. The lowest BCUT2D eigenvalue weighted by Gasteiger charge is -2.36. The van der Waals surface area contributed by atoms with Crippen LogP contribution in [0.15, 0.2) is 18.2 Å². The molecule has 0 radical (unpaired) electrons. The van der Waals surface area contributed by atoms with E-state index in [4.69, 9.17) is 10.5 Å². The Hall–Kier alpha value is -1.33. The van der Waals surface area contributed by atoms with Gasteiger partial charge in [0.05, 0.1) is 11.3 Å². The van der Waals surface area contributed by atoms with Crippen molar-refractivity contribution in [2.45, 2.75) is 18.4 Å². The first kappa shape index (κ1) is 13.1. The Labute approximate surface area is 106 Å². The second-order valence-electron chi connectivity index (χ2n) is 4.90. The minimum Gasteiger partial charge on any atom is -0.399 e. The highest BCUT2D eigenvalue weighted by Crippen LogP contribution is 2.26. The van der Waals surface area contributed by atoms with Gasteiger partial charge in [-0.2, -0.15) is 0 Å². The van der Waals surface area contributed by atoms with E-state index in [9.17, 15) is 9.50 Å². The van der Waals surface area contributed by atoms with Crippen molar-refractivity contribution in [3.63, 3.8) is 0 Å². The molecule has 1 aromatic rings. The third-order valence-corrected chi connectivity index (χ3v) is 3.34. The van der Waals surface area contributed by atoms with Crippen LogP contribution in [0.5, 0.6) is 0 Å². The van der Waals surface area contributed by atoms with E-state index in [1.54, 1.807) is 24.1 Å². The molecule has 0 aromatic heterocycles. The number of benzene rings is 1. The molecule has 1 aliphatic rings. The molecule has 1 heterocycles. The van der Waals surface area contributed by atoms with Crippen LogP contribution in [0.4, 0.5) is 15.8 Å². The van der Waals surface area contributed by atoms with Gasteiger partial charge in [0.2, 0.25) is 0 Å². The predicted octanol–water partition coefficient (Wildman–Crippen LogP) is 1.39. The summed E-state index contributed by atoms with van der Waals surface area (Å²) in [5.41, 5.74) is 5.55. The van der Waals surface area contributed by atoms with Crippen LogP contribution in [-0.2, 0) is 4.74 Å². The van der Waals surface area contributed by atoms with Crippen molar-refractivity contribution in [3.05, 3.63) is 24.0 Å². The van der Waals surface area contributed by atoms with Gasteiger partial charge < -0.3 is 20.5 Å². The molecule has 0 spiro atoms. The van der Waals surface area contributed by atoms with Crippen molar-refractivity contribution < 1.29 is 14.2 Å². The average Bonchev–Trinajstić information content (AvgIpc) is 2.28. The van der Waals surface area contributed by atoms with E-state index in [-0.39, 0.29) is 5.82 Å². The monoisotopic (exact) mass is 254 g/mol. The maximum absolute atomic E-state index is 13.8. The minimum absolute atomic E-state index is 0.367. The van der Waals surface area contributed by atoms with Gasteiger partial charge in [-0.1, -0.05) is 0 Å². The van der Waals surface area contributed by atoms with E-state index < -0.39 is 5.60 Å². The molecule has 0 amide bonds. The highest BCUT2D eigenvalue weighted by Gasteiger charge is 2.31. The van der Waals surface area contributed by atoms with Crippen molar-refractivity contribution >= 4 is 11.4 Å².